The fraction of sp³-hybridized carbons (Fsp3) is 0.273. The Morgan fingerprint density at radius 1 is 0.966 bits per heavy atom. The molecule has 0 aromatic heterocycles. The molecule has 1 heterocycles. The topological polar surface area (TPSA) is 92.8 Å². The molecule has 1 atom stereocenters. The second-order valence-corrected chi connectivity index (χ2v) is 7.33. The summed E-state index contributed by atoms with van der Waals surface area (Å²) in [5.41, 5.74) is 1.56. The van der Waals surface area contributed by atoms with E-state index in [1.165, 1.54) is 12.1 Å². The predicted molar refractivity (Wildman–Crippen MR) is 105 cm³/mol. The molecule has 0 saturated heterocycles. The van der Waals surface area contributed by atoms with Gasteiger partial charge in [-0.25, -0.2) is 4.79 Å². The number of rotatable bonds is 6. The third kappa shape index (κ3) is 4.18. The smallest absolute Gasteiger partial charge is 0.338 e. The zero-order valence-electron chi connectivity index (χ0n) is 16.5. The number of nitrogens with zero attached hydrogens (tertiary/aromatic N) is 1. The number of hydrogen-bond donors (Lipinski definition) is 1. The standard InChI is InChI=1S/C22H22N2O5/c1-13(2)12-18(23-19(25)15-9-5-4-8-14(15)3)22(28)29-24-20(26)16-10-6-7-11-17(16)21(24)27/h4-11,13,18H,12H2,1-3H3,(H,23,25). The lowest BCUT2D eigenvalue weighted by Gasteiger charge is -2.21. The lowest BCUT2D eigenvalue weighted by molar-refractivity contribution is -0.171. The van der Waals surface area contributed by atoms with Gasteiger partial charge in [0.2, 0.25) is 0 Å². The van der Waals surface area contributed by atoms with E-state index in [2.05, 4.69) is 5.32 Å². The van der Waals surface area contributed by atoms with Crippen molar-refractivity contribution in [2.75, 3.05) is 0 Å². The quantitative estimate of drug-likeness (QED) is 0.761. The molecule has 1 unspecified atom stereocenters. The van der Waals surface area contributed by atoms with Crippen molar-refractivity contribution in [2.45, 2.75) is 33.2 Å². The minimum absolute atomic E-state index is 0.0619. The van der Waals surface area contributed by atoms with E-state index in [0.717, 1.165) is 5.56 Å². The first-order chi connectivity index (χ1) is 13.8. The van der Waals surface area contributed by atoms with E-state index in [9.17, 15) is 19.2 Å². The molecule has 7 heteroatoms. The molecular formula is C22H22N2O5. The first kappa shape index (κ1) is 20.3. The van der Waals surface area contributed by atoms with Crippen molar-refractivity contribution in [1.29, 1.82) is 0 Å². The predicted octanol–water partition coefficient (Wildman–Crippen LogP) is 2.89. The van der Waals surface area contributed by atoms with Crippen LogP contribution in [0.4, 0.5) is 0 Å². The number of hydrogen-bond acceptors (Lipinski definition) is 5. The second-order valence-electron chi connectivity index (χ2n) is 7.33. The van der Waals surface area contributed by atoms with Crippen molar-refractivity contribution >= 4 is 23.7 Å². The highest BCUT2D eigenvalue weighted by Gasteiger charge is 2.40. The number of imide groups is 1. The summed E-state index contributed by atoms with van der Waals surface area (Å²) in [5.74, 6) is -2.63. The molecule has 0 spiro atoms. The summed E-state index contributed by atoms with van der Waals surface area (Å²) < 4.78 is 0. The monoisotopic (exact) mass is 394 g/mol. The minimum Gasteiger partial charge on any atom is -0.338 e. The third-order valence-corrected chi connectivity index (χ3v) is 4.62. The minimum atomic E-state index is -1.01. The Morgan fingerprint density at radius 2 is 1.52 bits per heavy atom. The summed E-state index contributed by atoms with van der Waals surface area (Å²) in [4.78, 5) is 55.3. The van der Waals surface area contributed by atoms with Crippen LogP contribution in [-0.4, -0.2) is 34.8 Å². The number of fused-ring (bicyclic) bond motifs is 1. The Kier molecular flexibility index (Phi) is 5.77. The van der Waals surface area contributed by atoms with E-state index in [0.29, 0.717) is 17.0 Å². The summed E-state index contributed by atoms with van der Waals surface area (Å²) in [6.45, 7) is 5.58. The van der Waals surface area contributed by atoms with E-state index < -0.39 is 29.7 Å². The normalized spacial score (nSPS) is 14.0. The lowest BCUT2D eigenvalue weighted by Crippen LogP contribution is -2.46. The molecule has 0 radical (unpaired) electrons. The number of nitrogens with one attached hydrogen (secondary N) is 1. The van der Waals surface area contributed by atoms with Gasteiger partial charge in [-0.2, -0.15) is 0 Å². The second kappa shape index (κ2) is 8.26. The Bertz CT molecular complexity index is 948. The van der Waals surface area contributed by atoms with Gasteiger partial charge in [-0.1, -0.05) is 49.2 Å². The number of hydroxylamine groups is 2. The maximum absolute atomic E-state index is 12.7. The molecule has 3 rings (SSSR count). The molecule has 3 amide bonds. The average Bonchev–Trinajstić information content (AvgIpc) is 2.92. The van der Waals surface area contributed by atoms with E-state index >= 15 is 0 Å². The largest absolute Gasteiger partial charge is 0.355 e. The zero-order chi connectivity index (χ0) is 21.1. The molecule has 7 nitrogen and oxygen atoms in total. The number of carbonyl (C=O) groups excluding carboxylic acids is 4. The van der Waals surface area contributed by atoms with Crippen LogP contribution in [0, 0.1) is 12.8 Å². The van der Waals surface area contributed by atoms with Crippen molar-refractivity contribution < 1.29 is 24.0 Å². The van der Waals surface area contributed by atoms with Crippen LogP contribution >= 0.6 is 0 Å². The summed E-state index contributed by atoms with van der Waals surface area (Å²) in [6, 6.07) is 12.2. The molecule has 29 heavy (non-hydrogen) atoms. The highest BCUT2D eigenvalue weighted by atomic mass is 16.7. The van der Waals surface area contributed by atoms with Crippen molar-refractivity contribution in [2.24, 2.45) is 5.92 Å². The molecule has 1 aliphatic rings. The van der Waals surface area contributed by atoms with E-state index in [4.69, 9.17) is 4.84 Å². The Morgan fingerprint density at radius 3 is 2.07 bits per heavy atom. The average molecular weight is 394 g/mol. The van der Waals surface area contributed by atoms with Gasteiger partial charge in [-0.15, -0.1) is 0 Å². The van der Waals surface area contributed by atoms with Crippen LogP contribution in [0.1, 0.15) is 56.9 Å². The summed E-state index contributed by atoms with van der Waals surface area (Å²) >= 11 is 0. The molecule has 1 N–H and O–H groups in total. The molecule has 0 fully saturated rings. The van der Waals surface area contributed by atoms with Crippen LogP contribution in [0.5, 0.6) is 0 Å². The van der Waals surface area contributed by atoms with Crippen molar-refractivity contribution in [3.63, 3.8) is 0 Å². The Balaban J connectivity index is 1.77. The van der Waals surface area contributed by atoms with Crippen LogP contribution in [0.2, 0.25) is 0 Å². The van der Waals surface area contributed by atoms with Gasteiger partial charge in [0.1, 0.15) is 6.04 Å². The highest BCUT2D eigenvalue weighted by molar-refractivity contribution is 6.21. The zero-order valence-corrected chi connectivity index (χ0v) is 16.5. The van der Waals surface area contributed by atoms with Crippen LogP contribution in [-0.2, 0) is 9.63 Å². The number of amides is 3. The SMILES string of the molecule is Cc1ccccc1C(=O)NC(CC(C)C)C(=O)ON1C(=O)c2ccccc2C1=O. The Labute approximate surface area is 168 Å². The molecule has 0 saturated carbocycles. The van der Waals surface area contributed by atoms with E-state index in [1.807, 2.05) is 19.9 Å². The maximum Gasteiger partial charge on any atom is 0.355 e. The van der Waals surface area contributed by atoms with Crippen LogP contribution in [0.3, 0.4) is 0 Å². The maximum atomic E-state index is 12.7. The number of benzene rings is 2. The van der Waals surface area contributed by atoms with Crippen LogP contribution < -0.4 is 5.32 Å². The van der Waals surface area contributed by atoms with Crippen molar-refractivity contribution in [1.82, 2.24) is 10.4 Å². The third-order valence-electron chi connectivity index (χ3n) is 4.62. The van der Waals surface area contributed by atoms with Gasteiger partial charge in [0.15, 0.2) is 0 Å². The summed E-state index contributed by atoms with van der Waals surface area (Å²) in [6.07, 6.45) is 0.291. The van der Waals surface area contributed by atoms with Crippen LogP contribution in [0.15, 0.2) is 48.5 Å². The fourth-order valence-corrected chi connectivity index (χ4v) is 3.15. The van der Waals surface area contributed by atoms with Gasteiger partial charge in [-0.05, 0) is 43.0 Å². The molecule has 0 aliphatic carbocycles. The van der Waals surface area contributed by atoms with Crippen molar-refractivity contribution in [3.8, 4) is 0 Å². The number of carbonyl (C=O) groups is 4. The highest BCUT2D eigenvalue weighted by Crippen LogP contribution is 2.23. The Hall–Kier alpha value is -3.48. The molecule has 0 bridgehead atoms. The van der Waals surface area contributed by atoms with Gasteiger partial charge in [0.25, 0.3) is 17.7 Å². The van der Waals surface area contributed by atoms with Gasteiger partial charge in [0.05, 0.1) is 11.1 Å². The van der Waals surface area contributed by atoms with Crippen molar-refractivity contribution in [3.05, 3.63) is 70.8 Å². The van der Waals surface area contributed by atoms with Gasteiger partial charge >= 0.3 is 5.97 Å². The summed E-state index contributed by atoms with van der Waals surface area (Å²) in [5, 5.41) is 3.13. The number of aryl methyl sites for hydroxylation is 1. The van der Waals surface area contributed by atoms with E-state index in [-0.39, 0.29) is 17.0 Å². The first-order valence-corrected chi connectivity index (χ1v) is 9.35. The van der Waals surface area contributed by atoms with Gasteiger partial charge < -0.3 is 10.2 Å². The molecule has 2 aromatic carbocycles. The molecule has 1 aliphatic heterocycles. The van der Waals surface area contributed by atoms with Crippen LogP contribution in [0.25, 0.3) is 0 Å². The lowest BCUT2D eigenvalue weighted by atomic mass is 10.0. The molecule has 2 aromatic rings. The summed E-state index contributed by atoms with van der Waals surface area (Å²) in [7, 11) is 0. The van der Waals surface area contributed by atoms with Gasteiger partial charge in [0, 0.05) is 5.56 Å². The molecule has 150 valence electrons. The first-order valence-electron chi connectivity index (χ1n) is 9.35. The molecular weight excluding hydrogens is 372 g/mol. The van der Waals surface area contributed by atoms with E-state index in [1.54, 1.807) is 37.3 Å². The fourth-order valence-electron chi connectivity index (χ4n) is 3.15. The van der Waals surface area contributed by atoms with Gasteiger partial charge in [-0.3, -0.25) is 14.4 Å².